The fourth-order valence-electron chi connectivity index (χ4n) is 2.43. The maximum absolute atomic E-state index is 13.4. The van der Waals surface area contributed by atoms with Crippen LogP contribution in [0.25, 0.3) is 0 Å². The first-order chi connectivity index (χ1) is 9.57. The van der Waals surface area contributed by atoms with Crippen LogP contribution in [0.3, 0.4) is 0 Å². The predicted molar refractivity (Wildman–Crippen MR) is 77.5 cm³/mol. The summed E-state index contributed by atoms with van der Waals surface area (Å²) in [4.78, 5) is 0. The zero-order valence-corrected chi connectivity index (χ0v) is 12.3. The van der Waals surface area contributed by atoms with E-state index in [1.807, 2.05) is 0 Å². The van der Waals surface area contributed by atoms with Gasteiger partial charge in [-0.25, -0.2) is 17.5 Å². The molecule has 1 aliphatic heterocycles. The van der Waals surface area contributed by atoms with Crippen LogP contribution in [0.4, 0.5) is 4.39 Å². The van der Waals surface area contributed by atoms with Crippen molar-refractivity contribution in [3.63, 3.8) is 0 Å². The summed E-state index contributed by atoms with van der Waals surface area (Å²) in [6, 6.07) is 6.47. The Labute approximate surface area is 119 Å². The van der Waals surface area contributed by atoms with Gasteiger partial charge in [0, 0.05) is 12.6 Å². The molecule has 0 aromatic heterocycles. The number of halogens is 1. The smallest absolute Gasteiger partial charge is 0.213 e. The van der Waals surface area contributed by atoms with Crippen molar-refractivity contribution in [2.75, 3.05) is 18.8 Å². The molecule has 1 aromatic rings. The highest BCUT2D eigenvalue weighted by atomic mass is 32.2. The Morgan fingerprint density at radius 1 is 1.30 bits per heavy atom. The van der Waals surface area contributed by atoms with Gasteiger partial charge in [-0.1, -0.05) is 24.6 Å². The van der Waals surface area contributed by atoms with E-state index in [2.05, 4.69) is 10.0 Å². The maximum Gasteiger partial charge on any atom is 0.213 e. The van der Waals surface area contributed by atoms with Crippen LogP contribution in [0, 0.1) is 5.82 Å². The lowest BCUT2D eigenvalue weighted by atomic mass is 10.1. The van der Waals surface area contributed by atoms with Gasteiger partial charge in [-0.15, -0.1) is 0 Å². The number of hydrogen-bond donors (Lipinski definition) is 2. The second-order valence-corrected chi connectivity index (χ2v) is 7.02. The molecule has 112 valence electrons. The zero-order valence-electron chi connectivity index (χ0n) is 11.4. The van der Waals surface area contributed by atoms with Crippen LogP contribution in [-0.2, 0) is 16.4 Å². The molecule has 2 N–H and O–H groups in total. The molecule has 0 saturated carbocycles. The van der Waals surface area contributed by atoms with Crippen molar-refractivity contribution in [3.05, 3.63) is 35.6 Å². The molecule has 2 rings (SSSR count). The summed E-state index contributed by atoms with van der Waals surface area (Å²) in [5.74, 6) is -0.190. The molecule has 0 bridgehead atoms. The number of piperidine rings is 1. The largest absolute Gasteiger partial charge is 0.313 e. The van der Waals surface area contributed by atoms with Gasteiger partial charge >= 0.3 is 0 Å². The van der Waals surface area contributed by atoms with Crippen LogP contribution >= 0.6 is 0 Å². The monoisotopic (exact) mass is 300 g/mol. The van der Waals surface area contributed by atoms with Gasteiger partial charge in [0.25, 0.3) is 0 Å². The van der Waals surface area contributed by atoms with Crippen LogP contribution in [-0.4, -0.2) is 33.3 Å². The maximum atomic E-state index is 13.4. The first-order valence-electron chi connectivity index (χ1n) is 7.01. The van der Waals surface area contributed by atoms with Gasteiger partial charge in [0.15, 0.2) is 0 Å². The van der Waals surface area contributed by atoms with E-state index in [0.717, 1.165) is 25.8 Å². The lowest BCUT2D eigenvalue weighted by molar-refractivity contribution is 0.422. The minimum atomic E-state index is -3.30. The van der Waals surface area contributed by atoms with Crippen molar-refractivity contribution in [1.29, 1.82) is 0 Å². The molecule has 0 radical (unpaired) electrons. The lowest BCUT2D eigenvalue weighted by Crippen LogP contribution is -2.43. The highest BCUT2D eigenvalue weighted by Crippen LogP contribution is 2.09. The van der Waals surface area contributed by atoms with Crippen LogP contribution in [0.15, 0.2) is 24.3 Å². The first-order valence-corrected chi connectivity index (χ1v) is 8.66. The molecule has 1 aliphatic rings. The predicted octanol–water partition coefficient (Wildman–Crippen LogP) is 1.43. The van der Waals surface area contributed by atoms with Gasteiger partial charge in [-0.2, -0.15) is 0 Å². The molecule has 6 heteroatoms. The van der Waals surface area contributed by atoms with E-state index in [-0.39, 0.29) is 24.2 Å². The second kappa shape index (κ2) is 7.15. The Morgan fingerprint density at radius 2 is 2.10 bits per heavy atom. The summed E-state index contributed by atoms with van der Waals surface area (Å²) in [6.45, 7) is 1.12. The van der Waals surface area contributed by atoms with Gasteiger partial charge in [0.1, 0.15) is 5.82 Å². The Balaban J connectivity index is 1.79. The molecule has 0 aliphatic carbocycles. The molecule has 20 heavy (non-hydrogen) atoms. The van der Waals surface area contributed by atoms with Crippen LogP contribution < -0.4 is 10.0 Å². The molecule has 1 unspecified atom stereocenters. The van der Waals surface area contributed by atoms with Crippen molar-refractivity contribution in [1.82, 2.24) is 10.0 Å². The molecule has 1 atom stereocenters. The topological polar surface area (TPSA) is 58.2 Å². The Bertz CT molecular complexity index is 528. The fourth-order valence-corrected chi connectivity index (χ4v) is 3.78. The molecule has 0 amide bonds. The van der Waals surface area contributed by atoms with Gasteiger partial charge in [-0.05, 0) is 37.4 Å². The molecule has 4 nitrogen and oxygen atoms in total. The van der Waals surface area contributed by atoms with Gasteiger partial charge in [-0.3, -0.25) is 0 Å². The standard InChI is InChI=1S/C14H21FN2O2S/c15-14-7-2-1-5-12(14)8-10-17-20(18,19)11-13-6-3-4-9-16-13/h1-2,5,7,13,16-17H,3-4,6,8-11H2. The quantitative estimate of drug-likeness (QED) is 0.835. The van der Waals surface area contributed by atoms with Crippen LogP contribution in [0.5, 0.6) is 0 Å². The Morgan fingerprint density at radius 3 is 2.80 bits per heavy atom. The first kappa shape index (κ1) is 15.4. The summed E-state index contributed by atoms with van der Waals surface area (Å²) >= 11 is 0. The SMILES string of the molecule is O=S(=O)(CC1CCCCN1)NCCc1ccccc1F. The van der Waals surface area contributed by atoms with Gasteiger partial charge < -0.3 is 5.32 Å². The summed E-state index contributed by atoms with van der Waals surface area (Å²) < 4.78 is 39.8. The molecule has 1 saturated heterocycles. The van der Waals surface area contributed by atoms with Crippen molar-refractivity contribution >= 4 is 10.0 Å². The third-order valence-corrected chi connectivity index (χ3v) is 4.99. The van der Waals surface area contributed by atoms with Gasteiger partial charge in [0.2, 0.25) is 10.0 Å². The van der Waals surface area contributed by atoms with E-state index in [9.17, 15) is 12.8 Å². The molecule has 1 fully saturated rings. The fraction of sp³-hybridized carbons (Fsp3) is 0.571. The summed E-state index contributed by atoms with van der Waals surface area (Å²) in [7, 11) is -3.30. The minimum absolute atomic E-state index is 0.0368. The van der Waals surface area contributed by atoms with Crippen molar-refractivity contribution in [2.45, 2.75) is 31.7 Å². The van der Waals surface area contributed by atoms with E-state index >= 15 is 0 Å². The van der Waals surface area contributed by atoms with Crippen LogP contribution in [0.2, 0.25) is 0 Å². The second-order valence-electron chi connectivity index (χ2n) is 5.16. The average Bonchev–Trinajstić information content (AvgIpc) is 2.41. The van der Waals surface area contributed by atoms with Crippen molar-refractivity contribution < 1.29 is 12.8 Å². The molecule has 1 aromatic carbocycles. The third-order valence-electron chi connectivity index (χ3n) is 3.51. The van der Waals surface area contributed by atoms with Gasteiger partial charge in [0.05, 0.1) is 5.75 Å². The van der Waals surface area contributed by atoms with Crippen molar-refractivity contribution in [3.8, 4) is 0 Å². The minimum Gasteiger partial charge on any atom is -0.313 e. The molecule has 0 spiro atoms. The third kappa shape index (κ3) is 4.85. The summed E-state index contributed by atoms with van der Waals surface area (Å²) in [5.41, 5.74) is 0.533. The number of rotatable bonds is 6. The zero-order chi connectivity index (χ0) is 14.4. The number of hydrogen-bond acceptors (Lipinski definition) is 3. The average molecular weight is 300 g/mol. The normalized spacial score (nSPS) is 19.9. The lowest BCUT2D eigenvalue weighted by Gasteiger charge is -2.23. The van der Waals surface area contributed by atoms with E-state index in [1.165, 1.54) is 6.07 Å². The Hall–Kier alpha value is -0.980. The summed E-state index contributed by atoms with van der Waals surface area (Å²) in [5, 5.41) is 3.21. The number of nitrogens with one attached hydrogen (secondary N) is 2. The molecule has 1 heterocycles. The summed E-state index contributed by atoms with van der Waals surface area (Å²) in [6.07, 6.45) is 3.44. The molecular formula is C14H21FN2O2S. The van der Waals surface area contributed by atoms with E-state index in [0.29, 0.717) is 12.0 Å². The van der Waals surface area contributed by atoms with Crippen LogP contribution in [0.1, 0.15) is 24.8 Å². The molecular weight excluding hydrogens is 279 g/mol. The Kier molecular flexibility index (Phi) is 5.51. The number of sulfonamides is 1. The van der Waals surface area contributed by atoms with E-state index < -0.39 is 10.0 Å². The number of benzene rings is 1. The van der Waals surface area contributed by atoms with E-state index in [4.69, 9.17) is 0 Å². The van der Waals surface area contributed by atoms with Crippen molar-refractivity contribution in [2.24, 2.45) is 0 Å². The van der Waals surface area contributed by atoms with E-state index in [1.54, 1.807) is 18.2 Å². The highest BCUT2D eigenvalue weighted by Gasteiger charge is 2.20. The highest BCUT2D eigenvalue weighted by molar-refractivity contribution is 7.89.